The van der Waals surface area contributed by atoms with Crippen LogP contribution in [0.5, 0.6) is 6.01 Å². The zero-order chi connectivity index (χ0) is 32.9. The van der Waals surface area contributed by atoms with Crippen LogP contribution in [0, 0.1) is 28.9 Å². The molecule has 15 heteroatoms. The average molecular weight is 671 g/mol. The maximum atomic E-state index is 16.8. The normalized spacial score (nSPS) is 24.0. The van der Waals surface area contributed by atoms with Gasteiger partial charge >= 0.3 is 12.2 Å². The van der Waals surface area contributed by atoms with Crippen LogP contribution in [0.3, 0.4) is 0 Å². The third kappa shape index (κ3) is 5.02. The van der Waals surface area contributed by atoms with E-state index in [1.165, 1.54) is 13.2 Å². The molecule has 0 amide bonds. The van der Waals surface area contributed by atoms with Crippen molar-refractivity contribution in [1.29, 1.82) is 0 Å². The molecule has 46 heavy (non-hydrogen) atoms. The molecule has 2 aromatic carbocycles. The van der Waals surface area contributed by atoms with Crippen molar-refractivity contribution >= 4 is 39.2 Å². The maximum Gasteiger partial charge on any atom is 0.418 e. The summed E-state index contributed by atoms with van der Waals surface area (Å²) in [6.07, 6.45) is -1.29. The first-order valence-electron chi connectivity index (χ1n) is 14.9. The number of nitrogens with zero attached hydrogens (tertiary/aromatic N) is 6. The number of alkyl halides is 5. The van der Waals surface area contributed by atoms with Crippen LogP contribution in [-0.2, 0) is 13.2 Å². The quantitative estimate of drug-likeness (QED) is 0.192. The summed E-state index contributed by atoms with van der Waals surface area (Å²) in [7, 11) is 4.66. The van der Waals surface area contributed by atoms with Crippen LogP contribution in [-0.4, -0.2) is 70.9 Å². The van der Waals surface area contributed by atoms with Crippen molar-refractivity contribution in [1.82, 2.24) is 24.6 Å². The van der Waals surface area contributed by atoms with Gasteiger partial charge in [0.15, 0.2) is 5.82 Å². The summed E-state index contributed by atoms with van der Waals surface area (Å²) in [5.74, 6) is -4.87. The van der Waals surface area contributed by atoms with Crippen molar-refractivity contribution in [2.75, 3.05) is 45.2 Å². The Bertz CT molecular complexity index is 1870. The molecule has 3 atom stereocenters. The molecule has 2 aromatic heterocycles. The number of fused-ring (bicyclic) bond motifs is 4. The smallest absolute Gasteiger partial charge is 0.418 e. The highest BCUT2D eigenvalue weighted by atomic mass is 35.5. The number of aromatic nitrogens is 4. The number of hydrogen-bond acceptors (Lipinski definition) is 6. The molecule has 7 rings (SSSR count). The van der Waals surface area contributed by atoms with E-state index < -0.39 is 75.4 Å². The second-order valence-corrected chi connectivity index (χ2v) is 13.6. The molecule has 3 fully saturated rings. The fourth-order valence-electron chi connectivity index (χ4n) is 7.47. The Balaban J connectivity index is 1.44. The third-order valence-corrected chi connectivity index (χ3v) is 9.86. The zero-order valence-corrected chi connectivity index (χ0v) is 25.9. The van der Waals surface area contributed by atoms with Crippen molar-refractivity contribution < 1.29 is 35.5 Å². The van der Waals surface area contributed by atoms with E-state index in [2.05, 4.69) is 15.1 Å². The van der Waals surface area contributed by atoms with Gasteiger partial charge in [-0.05, 0) is 57.3 Å². The van der Waals surface area contributed by atoms with Crippen molar-refractivity contribution in [2.24, 2.45) is 24.3 Å². The first-order valence-corrected chi connectivity index (χ1v) is 15.3. The SMILES string of the molecule is CN(C)C[C@@]1(COc2nc(N3CC4CCC(C4)C3)c3cc(F)c(-c4c(C(F)(F)F)c(Cl)cc5cnn(C)c45)c(F)c3n2)CC1(F)F. The molecule has 2 saturated carbocycles. The van der Waals surface area contributed by atoms with E-state index in [1.54, 1.807) is 19.0 Å². The van der Waals surface area contributed by atoms with Gasteiger partial charge in [-0.3, -0.25) is 4.68 Å². The summed E-state index contributed by atoms with van der Waals surface area (Å²) in [6.45, 7) is 0.608. The Labute approximate surface area is 264 Å². The largest absolute Gasteiger partial charge is 0.463 e. The van der Waals surface area contributed by atoms with E-state index in [0.29, 0.717) is 24.9 Å². The lowest BCUT2D eigenvalue weighted by Gasteiger charge is -2.33. The first kappa shape index (κ1) is 31.2. The Morgan fingerprint density at radius 1 is 1.07 bits per heavy atom. The molecule has 4 aromatic rings. The van der Waals surface area contributed by atoms with E-state index >= 15 is 8.78 Å². The highest BCUT2D eigenvalue weighted by Crippen LogP contribution is 2.60. The van der Waals surface area contributed by atoms with E-state index in [0.717, 1.165) is 36.1 Å². The van der Waals surface area contributed by atoms with Gasteiger partial charge in [-0.25, -0.2) is 17.6 Å². The van der Waals surface area contributed by atoms with Crippen LogP contribution in [0.1, 0.15) is 31.2 Å². The summed E-state index contributed by atoms with van der Waals surface area (Å²) in [5.41, 5.74) is -5.45. The third-order valence-electron chi connectivity index (χ3n) is 9.56. The topological polar surface area (TPSA) is 59.3 Å². The fourth-order valence-corrected chi connectivity index (χ4v) is 7.79. The lowest BCUT2D eigenvalue weighted by atomic mass is 9.94. The Kier molecular flexibility index (Phi) is 7.17. The van der Waals surface area contributed by atoms with E-state index in [4.69, 9.17) is 16.3 Å². The highest BCUT2D eigenvalue weighted by Gasteiger charge is 2.71. The van der Waals surface area contributed by atoms with Crippen LogP contribution >= 0.6 is 11.6 Å². The second-order valence-electron chi connectivity index (χ2n) is 13.2. The summed E-state index contributed by atoms with van der Waals surface area (Å²) in [4.78, 5) is 12.1. The predicted octanol–water partition coefficient (Wildman–Crippen LogP) is 7.34. The van der Waals surface area contributed by atoms with Crippen LogP contribution < -0.4 is 9.64 Å². The van der Waals surface area contributed by atoms with Crippen molar-refractivity contribution in [3.63, 3.8) is 0 Å². The van der Waals surface area contributed by atoms with Gasteiger partial charge in [0.25, 0.3) is 5.92 Å². The summed E-state index contributed by atoms with van der Waals surface area (Å²) < 4.78 is 112. The Hall–Kier alpha value is -3.39. The van der Waals surface area contributed by atoms with Crippen LogP contribution in [0.4, 0.5) is 36.6 Å². The number of ether oxygens (including phenoxy) is 1. The standard InChI is InChI=1S/C31H30ClF7N6O/c1-43(2)13-29(12-30(29,35)36)14-46-28-41-25-18(27(42-28)45-10-15-4-5-16(6-15)11-45)8-20(33)21(24(25)34)22-23(31(37,38)39)19(32)7-17-9-40-44(3)26(17)22/h7-9,15-16H,4-6,10-14H2,1-3H3/t15?,16?,29-/m1/s1. The molecule has 1 saturated heterocycles. The second kappa shape index (κ2) is 10.6. The number of benzene rings is 2. The van der Waals surface area contributed by atoms with Crippen LogP contribution in [0.15, 0.2) is 18.3 Å². The molecule has 2 aliphatic carbocycles. The van der Waals surface area contributed by atoms with E-state index in [-0.39, 0.29) is 28.7 Å². The maximum absolute atomic E-state index is 16.8. The number of aryl methyl sites for hydroxylation is 1. The highest BCUT2D eigenvalue weighted by molar-refractivity contribution is 6.33. The number of anilines is 1. The van der Waals surface area contributed by atoms with Gasteiger partial charge < -0.3 is 14.5 Å². The molecular formula is C31H30ClF7N6O. The summed E-state index contributed by atoms with van der Waals surface area (Å²) in [6, 6.07) is 1.54. The van der Waals surface area contributed by atoms with Crippen molar-refractivity contribution in [2.45, 2.75) is 37.8 Å². The van der Waals surface area contributed by atoms with Gasteiger partial charge in [0, 0.05) is 49.4 Å². The Morgan fingerprint density at radius 2 is 1.74 bits per heavy atom. The fraction of sp³-hybridized carbons (Fsp3) is 0.516. The monoisotopic (exact) mass is 670 g/mol. The first-order chi connectivity index (χ1) is 21.6. The zero-order valence-electron chi connectivity index (χ0n) is 25.2. The molecule has 0 spiro atoms. The minimum Gasteiger partial charge on any atom is -0.463 e. The molecule has 3 aliphatic rings. The molecular weight excluding hydrogens is 641 g/mol. The average Bonchev–Trinajstić information content (AvgIpc) is 3.18. The van der Waals surface area contributed by atoms with Gasteiger partial charge in [-0.2, -0.15) is 28.2 Å². The van der Waals surface area contributed by atoms with Gasteiger partial charge in [-0.1, -0.05) is 11.6 Å². The summed E-state index contributed by atoms with van der Waals surface area (Å²) in [5, 5.41) is 3.31. The number of halogens is 8. The molecule has 2 unspecified atom stereocenters. The minimum absolute atomic E-state index is 0.00925. The molecule has 2 bridgehead atoms. The van der Waals surface area contributed by atoms with Gasteiger partial charge in [-0.15, -0.1) is 0 Å². The lowest BCUT2D eigenvalue weighted by Crippen LogP contribution is -2.37. The predicted molar refractivity (Wildman–Crippen MR) is 158 cm³/mol. The molecule has 246 valence electrons. The number of rotatable bonds is 7. The molecule has 3 heterocycles. The van der Waals surface area contributed by atoms with Gasteiger partial charge in [0.1, 0.15) is 23.8 Å². The molecule has 0 radical (unpaired) electrons. The molecule has 0 N–H and O–H groups in total. The lowest BCUT2D eigenvalue weighted by molar-refractivity contribution is -0.136. The van der Waals surface area contributed by atoms with Crippen LogP contribution in [0.2, 0.25) is 5.02 Å². The number of piperidine rings is 1. The van der Waals surface area contributed by atoms with E-state index in [9.17, 15) is 22.0 Å². The van der Waals surface area contributed by atoms with Gasteiger partial charge in [0.2, 0.25) is 0 Å². The van der Waals surface area contributed by atoms with Crippen molar-refractivity contribution in [3.8, 4) is 17.1 Å². The van der Waals surface area contributed by atoms with Crippen LogP contribution in [0.25, 0.3) is 32.9 Å². The minimum atomic E-state index is -5.09. The van der Waals surface area contributed by atoms with Crippen molar-refractivity contribution in [3.05, 3.63) is 40.6 Å². The Morgan fingerprint density at radius 3 is 2.35 bits per heavy atom. The number of hydrogen-bond donors (Lipinski definition) is 0. The van der Waals surface area contributed by atoms with E-state index in [1.807, 2.05) is 4.90 Å². The van der Waals surface area contributed by atoms with Gasteiger partial charge in [0.05, 0.1) is 33.3 Å². The summed E-state index contributed by atoms with van der Waals surface area (Å²) >= 11 is 6.09. The molecule has 1 aliphatic heterocycles. The molecule has 7 nitrogen and oxygen atoms in total.